The molecule has 2 nitrogen and oxygen atoms in total. The Balaban J connectivity index is 3.29. The molecule has 0 fully saturated rings. The minimum absolute atomic E-state index is 0.419. The maximum atomic E-state index is 5.78. The molecular weight excluding hydrogens is 174 g/mol. The highest BCUT2D eigenvalue weighted by Crippen LogP contribution is 2.08. The molecule has 2 atom stereocenters. The second kappa shape index (κ2) is 9.47. The standard InChI is InChI=1S/C12H27NO/c1-5-7-11(2)10-14-12(3)8-6-9-13-4/h11-13H,5-10H2,1-4H3. The molecule has 0 rings (SSSR count). The summed E-state index contributed by atoms with van der Waals surface area (Å²) in [6.07, 6.45) is 5.34. The maximum Gasteiger partial charge on any atom is 0.0547 e. The van der Waals surface area contributed by atoms with E-state index in [-0.39, 0.29) is 0 Å². The molecule has 0 aromatic carbocycles. The molecule has 0 saturated heterocycles. The van der Waals surface area contributed by atoms with Crippen molar-refractivity contribution in [3.8, 4) is 0 Å². The van der Waals surface area contributed by atoms with Crippen molar-refractivity contribution in [3.63, 3.8) is 0 Å². The average Bonchev–Trinajstić information content (AvgIpc) is 2.16. The van der Waals surface area contributed by atoms with Gasteiger partial charge >= 0.3 is 0 Å². The van der Waals surface area contributed by atoms with E-state index in [1.807, 2.05) is 7.05 Å². The highest BCUT2D eigenvalue weighted by molar-refractivity contribution is 4.55. The predicted molar refractivity (Wildman–Crippen MR) is 62.6 cm³/mol. The van der Waals surface area contributed by atoms with Gasteiger partial charge in [0.1, 0.15) is 0 Å². The molecule has 0 bridgehead atoms. The van der Waals surface area contributed by atoms with Gasteiger partial charge in [0.25, 0.3) is 0 Å². The Labute approximate surface area is 89.4 Å². The van der Waals surface area contributed by atoms with Gasteiger partial charge in [-0.3, -0.25) is 0 Å². The SMILES string of the molecule is CCCC(C)COC(C)CCCNC. The van der Waals surface area contributed by atoms with Crippen molar-refractivity contribution in [3.05, 3.63) is 0 Å². The molecule has 86 valence electrons. The van der Waals surface area contributed by atoms with E-state index >= 15 is 0 Å². The predicted octanol–water partition coefficient (Wildman–Crippen LogP) is 2.83. The summed E-state index contributed by atoms with van der Waals surface area (Å²) in [6, 6.07) is 0. The molecule has 0 aliphatic heterocycles. The Kier molecular flexibility index (Phi) is 9.42. The summed E-state index contributed by atoms with van der Waals surface area (Å²) in [6.45, 7) is 8.69. The van der Waals surface area contributed by atoms with Gasteiger partial charge < -0.3 is 10.1 Å². The van der Waals surface area contributed by atoms with E-state index in [9.17, 15) is 0 Å². The normalized spacial score (nSPS) is 15.4. The molecule has 0 heterocycles. The minimum atomic E-state index is 0.419. The third-order valence-electron chi connectivity index (χ3n) is 2.48. The second-order valence-corrected chi connectivity index (χ2v) is 4.28. The molecule has 1 N–H and O–H groups in total. The molecule has 0 radical (unpaired) electrons. The zero-order valence-corrected chi connectivity index (χ0v) is 10.3. The van der Waals surface area contributed by atoms with Crippen LogP contribution < -0.4 is 5.32 Å². The van der Waals surface area contributed by atoms with Gasteiger partial charge in [0, 0.05) is 6.61 Å². The lowest BCUT2D eigenvalue weighted by molar-refractivity contribution is 0.0361. The number of hydrogen-bond donors (Lipinski definition) is 1. The summed E-state index contributed by atoms with van der Waals surface area (Å²) >= 11 is 0. The van der Waals surface area contributed by atoms with Crippen LogP contribution >= 0.6 is 0 Å². The van der Waals surface area contributed by atoms with Crippen molar-refractivity contribution in [2.75, 3.05) is 20.2 Å². The van der Waals surface area contributed by atoms with E-state index in [0.717, 1.165) is 13.2 Å². The smallest absolute Gasteiger partial charge is 0.0547 e. The maximum absolute atomic E-state index is 5.78. The van der Waals surface area contributed by atoms with Crippen LogP contribution in [0.2, 0.25) is 0 Å². The Hall–Kier alpha value is -0.0800. The molecule has 2 heteroatoms. The highest BCUT2D eigenvalue weighted by Gasteiger charge is 2.05. The molecular formula is C12H27NO. The lowest BCUT2D eigenvalue weighted by Crippen LogP contribution is -2.16. The van der Waals surface area contributed by atoms with Gasteiger partial charge in [-0.2, -0.15) is 0 Å². The largest absolute Gasteiger partial charge is 0.378 e. The summed E-state index contributed by atoms with van der Waals surface area (Å²) in [4.78, 5) is 0. The summed E-state index contributed by atoms with van der Waals surface area (Å²) in [7, 11) is 1.99. The van der Waals surface area contributed by atoms with Gasteiger partial charge in [-0.1, -0.05) is 20.3 Å². The molecule has 14 heavy (non-hydrogen) atoms. The second-order valence-electron chi connectivity index (χ2n) is 4.28. The lowest BCUT2D eigenvalue weighted by atomic mass is 10.1. The van der Waals surface area contributed by atoms with Crippen LogP contribution in [0.4, 0.5) is 0 Å². The number of hydrogen-bond acceptors (Lipinski definition) is 2. The van der Waals surface area contributed by atoms with Crippen molar-refractivity contribution in [2.24, 2.45) is 5.92 Å². The fourth-order valence-electron chi connectivity index (χ4n) is 1.55. The van der Waals surface area contributed by atoms with E-state index in [2.05, 4.69) is 26.1 Å². The van der Waals surface area contributed by atoms with Gasteiger partial charge in [0.2, 0.25) is 0 Å². The Morgan fingerprint density at radius 3 is 2.50 bits per heavy atom. The van der Waals surface area contributed by atoms with E-state index in [1.165, 1.54) is 25.7 Å². The van der Waals surface area contributed by atoms with Crippen molar-refractivity contribution in [2.45, 2.75) is 52.6 Å². The van der Waals surface area contributed by atoms with Crippen LogP contribution in [0.15, 0.2) is 0 Å². The van der Waals surface area contributed by atoms with Crippen molar-refractivity contribution in [1.29, 1.82) is 0 Å². The molecule has 0 saturated carbocycles. The van der Waals surface area contributed by atoms with Crippen molar-refractivity contribution in [1.82, 2.24) is 5.32 Å². The van der Waals surface area contributed by atoms with Crippen molar-refractivity contribution >= 4 is 0 Å². The molecule has 0 amide bonds. The first kappa shape index (κ1) is 13.9. The molecule has 0 aromatic heterocycles. The first-order valence-electron chi connectivity index (χ1n) is 5.96. The van der Waals surface area contributed by atoms with Gasteiger partial charge in [0.15, 0.2) is 0 Å². The van der Waals surface area contributed by atoms with Crippen LogP contribution in [0.25, 0.3) is 0 Å². The first-order valence-corrected chi connectivity index (χ1v) is 5.96. The zero-order chi connectivity index (χ0) is 10.8. The molecule has 0 aromatic rings. The molecule has 0 spiro atoms. The van der Waals surface area contributed by atoms with Gasteiger partial charge in [-0.25, -0.2) is 0 Å². The molecule has 2 unspecified atom stereocenters. The Bertz CT molecular complexity index is 117. The quantitative estimate of drug-likeness (QED) is 0.579. The first-order chi connectivity index (χ1) is 6.70. The van der Waals surface area contributed by atoms with Crippen LogP contribution in [-0.4, -0.2) is 26.3 Å². The fourth-order valence-corrected chi connectivity index (χ4v) is 1.55. The summed E-state index contributed by atoms with van der Waals surface area (Å²) in [5.74, 6) is 0.715. The highest BCUT2D eigenvalue weighted by atomic mass is 16.5. The third kappa shape index (κ3) is 8.52. The number of rotatable bonds is 9. The number of nitrogens with one attached hydrogen (secondary N) is 1. The van der Waals surface area contributed by atoms with Gasteiger partial charge in [-0.15, -0.1) is 0 Å². The van der Waals surface area contributed by atoms with E-state index in [1.54, 1.807) is 0 Å². The summed E-state index contributed by atoms with van der Waals surface area (Å²) in [5.41, 5.74) is 0. The average molecular weight is 201 g/mol. The molecule has 0 aliphatic rings. The molecule has 0 aliphatic carbocycles. The van der Waals surface area contributed by atoms with E-state index in [4.69, 9.17) is 4.74 Å². The van der Waals surface area contributed by atoms with Crippen molar-refractivity contribution < 1.29 is 4.74 Å². The summed E-state index contributed by atoms with van der Waals surface area (Å²) < 4.78 is 5.78. The van der Waals surface area contributed by atoms with Crippen LogP contribution in [-0.2, 0) is 4.74 Å². The lowest BCUT2D eigenvalue weighted by Gasteiger charge is -2.16. The Morgan fingerprint density at radius 1 is 1.21 bits per heavy atom. The zero-order valence-electron chi connectivity index (χ0n) is 10.3. The topological polar surface area (TPSA) is 21.3 Å². The van der Waals surface area contributed by atoms with Crippen LogP contribution in [0.3, 0.4) is 0 Å². The van der Waals surface area contributed by atoms with E-state index < -0.39 is 0 Å². The monoisotopic (exact) mass is 201 g/mol. The minimum Gasteiger partial charge on any atom is -0.378 e. The fraction of sp³-hybridized carbons (Fsp3) is 1.00. The summed E-state index contributed by atoms with van der Waals surface area (Å²) in [5, 5.41) is 3.15. The van der Waals surface area contributed by atoms with E-state index in [0.29, 0.717) is 12.0 Å². The van der Waals surface area contributed by atoms with Gasteiger partial charge in [-0.05, 0) is 45.7 Å². The van der Waals surface area contributed by atoms with Crippen LogP contribution in [0.5, 0.6) is 0 Å². The number of ether oxygens (including phenoxy) is 1. The van der Waals surface area contributed by atoms with Gasteiger partial charge in [0.05, 0.1) is 6.10 Å². The Morgan fingerprint density at radius 2 is 1.93 bits per heavy atom. The third-order valence-corrected chi connectivity index (χ3v) is 2.48. The van der Waals surface area contributed by atoms with Crippen LogP contribution in [0, 0.1) is 5.92 Å². The van der Waals surface area contributed by atoms with Crippen LogP contribution in [0.1, 0.15) is 46.5 Å².